The van der Waals surface area contributed by atoms with E-state index in [2.05, 4.69) is 20.6 Å². The predicted molar refractivity (Wildman–Crippen MR) is 82.3 cm³/mol. The molecule has 0 aliphatic rings. The second-order valence-electron chi connectivity index (χ2n) is 4.86. The van der Waals surface area contributed by atoms with E-state index in [0.29, 0.717) is 12.2 Å². The fraction of sp³-hybridized carbons (Fsp3) is 0.0625. The minimum Gasteiger partial charge on any atom is -0.472 e. The first-order chi connectivity index (χ1) is 10.9. The summed E-state index contributed by atoms with van der Waals surface area (Å²) in [6, 6.07) is 15.6. The van der Waals surface area contributed by atoms with Gasteiger partial charge in [-0.3, -0.25) is 0 Å². The van der Waals surface area contributed by atoms with Crippen LogP contribution >= 0.6 is 0 Å². The number of hydrogen-bond donors (Lipinski definition) is 1. The van der Waals surface area contributed by atoms with Crippen molar-refractivity contribution in [3.63, 3.8) is 0 Å². The number of nitrogens with zero attached hydrogens (tertiary/aromatic N) is 4. The smallest absolute Gasteiger partial charge is 0.185 e. The molecular weight excluding hydrogens is 278 g/mol. The van der Waals surface area contributed by atoms with Gasteiger partial charge in [-0.25, -0.2) is 0 Å². The van der Waals surface area contributed by atoms with E-state index in [-0.39, 0.29) is 0 Å². The van der Waals surface area contributed by atoms with Gasteiger partial charge in [0.2, 0.25) is 0 Å². The van der Waals surface area contributed by atoms with Gasteiger partial charge in [0.05, 0.1) is 12.5 Å². The Kier molecular flexibility index (Phi) is 3.05. The molecule has 0 unspecified atom stereocenters. The van der Waals surface area contributed by atoms with Gasteiger partial charge in [0, 0.05) is 17.7 Å². The van der Waals surface area contributed by atoms with Crippen molar-refractivity contribution in [2.75, 3.05) is 5.32 Å². The van der Waals surface area contributed by atoms with E-state index < -0.39 is 0 Å². The predicted octanol–water partition coefficient (Wildman–Crippen LogP) is 3.00. The maximum Gasteiger partial charge on any atom is 0.185 e. The normalized spacial score (nSPS) is 10.9. The van der Waals surface area contributed by atoms with E-state index in [0.717, 1.165) is 22.8 Å². The third kappa shape index (κ3) is 2.31. The van der Waals surface area contributed by atoms with Gasteiger partial charge in [-0.15, -0.1) is 15.3 Å². The number of furan rings is 1. The van der Waals surface area contributed by atoms with Gasteiger partial charge in [-0.2, -0.15) is 4.52 Å². The number of fused-ring (bicyclic) bond motifs is 1. The quantitative estimate of drug-likeness (QED) is 0.626. The highest BCUT2D eigenvalue weighted by atomic mass is 16.3. The Balaban J connectivity index is 1.67. The molecule has 0 aliphatic carbocycles. The second kappa shape index (κ2) is 5.33. The van der Waals surface area contributed by atoms with Crippen LogP contribution in [0.2, 0.25) is 0 Å². The maximum absolute atomic E-state index is 5.05. The molecule has 0 atom stereocenters. The fourth-order valence-electron chi connectivity index (χ4n) is 2.24. The highest BCUT2D eigenvalue weighted by molar-refractivity contribution is 5.59. The van der Waals surface area contributed by atoms with Gasteiger partial charge in [0.1, 0.15) is 5.82 Å². The molecule has 4 aromatic rings. The maximum atomic E-state index is 5.05. The van der Waals surface area contributed by atoms with Crippen LogP contribution in [0.1, 0.15) is 5.56 Å². The van der Waals surface area contributed by atoms with E-state index in [1.807, 2.05) is 48.5 Å². The number of hydrogen-bond acceptors (Lipinski definition) is 5. The highest BCUT2D eigenvalue weighted by Crippen LogP contribution is 2.18. The summed E-state index contributed by atoms with van der Waals surface area (Å²) in [6.07, 6.45) is 3.36. The first-order valence-electron chi connectivity index (χ1n) is 6.93. The van der Waals surface area contributed by atoms with Crippen molar-refractivity contribution < 1.29 is 4.42 Å². The summed E-state index contributed by atoms with van der Waals surface area (Å²) < 4.78 is 6.80. The van der Waals surface area contributed by atoms with Crippen LogP contribution in [-0.4, -0.2) is 19.8 Å². The summed E-state index contributed by atoms with van der Waals surface area (Å²) in [5.74, 6) is 1.48. The lowest BCUT2D eigenvalue weighted by Gasteiger charge is -2.05. The largest absolute Gasteiger partial charge is 0.472 e. The molecule has 1 aromatic carbocycles. The highest BCUT2D eigenvalue weighted by Gasteiger charge is 2.09. The van der Waals surface area contributed by atoms with Crippen molar-refractivity contribution in [3.8, 4) is 11.4 Å². The van der Waals surface area contributed by atoms with Crippen LogP contribution in [0.5, 0.6) is 0 Å². The monoisotopic (exact) mass is 291 g/mol. The minimum absolute atomic E-state index is 0.651. The van der Waals surface area contributed by atoms with E-state index >= 15 is 0 Å². The SMILES string of the molecule is c1ccc(-c2nnc3ccc(NCc4ccoc4)nn23)cc1. The lowest BCUT2D eigenvalue weighted by molar-refractivity contribution is 0.564. The van der Waals surface area contributed by atoms with Gasteiger partial charge >= 0.3 is 0 Å². The molecule has 0 radical (unpaired) electrons. The molecular formula is C16H13N5O. The van der Waals surface area contributed by atoms with E-state index in [9.17, 15) is 0 Å². The molecule has 108 valence electrons. The van der Waals surface area contributed by atoms with Crippen LogP contribution in [-0.2, 0) is 6.54 Å². The van der Waals surface area contributed by atoms with Crippen molar-refractivity contribution in [1.82, 2.24) is 19.8 Å². The molecule has 22 heavy (non-hydrogen) atoms. The number of benzene rings is 1. The molecule has 0 fully saturated rings. The van der Waals surface area contributed by atoms with Gasteiger partial charge in [0.25, 0.3) is 0 Å². The van der Waals surface area contributed by atoms with Crippen LogP contribution in [0.25, 0.3) is 17.0 Å². The third-order valence-corrected chi connectivity index (χ3v) is 3.35. The molecule has 0 spiro atoms. The zero-order chi connectivity index (χ0) is 14.8. The van der Waals surface area contributed by atoms with Crippen molar-refractivity contribution >= 4 is 11.5 Å². The third-order valence-electron chi connectivity index (χ3n) is 3.35. The van der Waals surface area contributed by atoms with Crippen LogP contribution < -0.4 is 5.32 Å². The lowest BCUT2D eigenvalue weighted by Crippen LogP contribution is -2.04. The van der Waals surface area contributed by atoms with Crippen LogP contribution in [0, 0.1) is 0 Å². The van der Waals surface area contributed by atoms with Gasteiger partial charge < -0.3 is 9.73 Å². The average molecular weight is 291 g/mol. The summed E-state index contributed by atoms with van der Waals surface area (Å²) in [5, 5.41) is 16.2. The summed E-state index contributed by atoms with van der Waals surface area (Å²) >= 11 is 0. The first kappa shape index (κ1) is 12.6. The Morgan fingerprint density at radius 2 is 1.91 bits per heavy atom. The fourth-order valence-corrected chi connectivity index (χ4v) is 2.24. The lowest BCUT2D eigenvalue weighted by atomic mass is 10.2. The number of anilines is 1. The molecule has 0 aliphatic heterocycles. The molecule has 3 heterocycles. The van der Waals surface area contributed by atoms with Crippen LogP contribution in [0.3, 0.4) is 0 Å². The van der Waals surface area contributed by atoms with Crippen molar-refractivity contribution in [2.45, 2.75) is 6.54 Å². The van der Waals surface area contributed by atoms with Crippen LogP contribution in [0.15, 0.2) is 65.5 Å². The number of rotatable bonds is 4. The summed E-state index contributed by atoms with van der Waals surface area (Å²) in [4.78, 5) is 0. The standard InChI is InChI=1S/C16H13N5O/c1-2-4-13(5-3-1)16-19-18-15-7-6-14(20-21(15)16)17-10-12-8-9-22-11-12/h1-9,11H,10H2,(H,17,20). The molecule has 6 nitrogen and oxygen atoms in total. The zero-order valence-corrected chi connectivity index (χ0v) is 11.7. The van der Waals surface area contributed by atoms with E-state index in [1.54, 1.807) is 17.0 Å². The molecule has 0 saturated carbocycles. The minimum atomic E-state index is 0.651. The Labute approximate surface area is 126 Å². The summed E-state index contributed by atoms with van der Waals surface area (Å²) in [6.45, 7) is 0.651. The van der Waals surface area contributed by atoms with Gasteiger partial charge in [-0.05, 0) is 18.2 Å². The molecule has 4 rings (SSSR count). The Morgan fingerprint density at radius 1 is 1.00 bits per heavy atom. The Hall–Kier alpha value is -3.15. The number of aromatic nitrogens is 4. The summed E-state index contributed by atoms with van der Waals surface area (Å²) in [7, 11) is 0. The van der Waals surface area contributed by atoms with E-state index in [4.69, 9.17) is 4.42 Å². The molecule has 1 N–H and O–H groups in total. The first-order valence-corrected chi connectivity index (χ1v) is 6.93. The number of nitrogens with one attached hydrogen (secondary N) is 1. The van der Waals surface area contributed by atoms with E-state index in [1.165, 1.54) is 0 Å². The van der Waals surface area contributed by atoms with Crippen molar-refractivity contribution in [1.29, 1.82) is 0 Å². The van der Waals surface area contributed by atoms with Crippen molar-refractivity contribution in [2.24, 2.45) is 0 Å². The molecule has 6 heteroatoms. The zero-order valence-electron chi connectivity index (χ0n) is 11.7. The second-order valence-corrected chi connectivity index (χ2v) is 4.86. The van der Waals surface area contributed by atoms with Crippen LogP contribution in [0.4, 0.5) is 5.82 Å². The average Bonchev–Trinajstić information content (AvgIpc) is 3.23. The Bertz CT molecular complexity index is 883. The Morgan fingerprint density at radius 3 is 2.73 bits per heavy atom. The molecule has 0 saturated heterocycles. The summed E-state index contributed by atoms with van der Waals surface area (Å²) in [5.41, 5.74) is 2.76. The molecule has 0 bridgehead atoms. The van der Waals surface area contributed by atoms with Gasteiger partial charge in [-0.1, -0.05) is 30.3 Å². The topological polar surface area (TPSA) is 68.2 Å². The molecule has 3 aromatic heterocycles. The van der Waals surface area contributed by atoms with Gasteiger partial charge in [0.15, 0.2) is 11.5 Å². The van der Waals surface area contributed by atoms with Crippen molar-refractivity contribution in [3.05, 3.63) is 66.6 Å². The molecule has 0 amide bonds.